The lowest BCUT2D eigenvalue weighted by molar-refractivity contribution is 0.103. The number of anilines is 1. The number of nitriles is 1. The zero-order valence-electron chi connectivity index (χ0n) is 11.1. The van der Waals surface area contributed by atoms with Crippen molar-refractivity contribution in [2.75, 3.05) is 5.32 Å². The van der Waals surface area contributed by atoms with Crippen LogP contribution in [0.15, 0.2) is 17.5 Å². The molecule has 1 amide bonds. The van der Waals surface area contributed by atoms with Crippen molar-refractivity contribution in [3.05, 3.63) is 38.4 Å². The second kappa shape index (κ2) is 5.39. The van der Waals surface area contributed by atoms with Gasteiger partial charge >= 0.3 is 0 Å². The van der Waals surface area contributed by atoms with Gasteiger partial charge in [-0.1, -0.05) is 13.0 Å². The molecule has 0 unspecified atom stereocenters. The monoisotopic (exact) mass is 302 g/mol. The minimum atomic E-state index is -0.122. The summed E-state index contributed by atoms with van der Waals surface area (Å²) in [6, 6.07) is 5.91. The summed E-state index contributed by atoms with van der Waals surface area (Å²) in [5.74, 6) is 0.539. The summed E-state index contributed by atoms with van der Waals surface area (Å²) in [7, 11) is 0. The Bertz CT molecular complexity index is 680. The minimum absolute atomic E-state index is 0.122. The van der Waals surface area contributed by atoms with Crippen molar-refractivity contribution in [1.29, 1.82) is 5.26 Å². The Hall–Kier alpha value is -1.64. The lowest BCUT2D eigenvalue weighted by atomic mass is 9.89. The molecule has 0 bridgehead atoms. The molecule has 2 aromatic rings. The number of hydrogen-bond donors (Lipinski definition) is 1. The molecule has 0 spiro atoms. The largest absolute Gasteiger partial charge is 0.312 e. The molecule has 0 aliphatic heterocycles. The maximum absolute atomic E-state index is 12.1. The summed E-state index contributed by atoms with van der Waals surface area (Å²) in [5.41, 5.74) is 1.82. The Morgan fingerprint density at radius 1 is 1.55 bits per heavy atom. The molecule has 1 atom stereocenters. The first-order chi connectivity index (χ1) is 9.69. The Morgan fingerprint density at radius 2 is 2.40 bits per heavy atom. The van der Waals surface area contributed by atoms with Crippen molar-refractivity contribution < 1.29 is 4.79 Å². The van der Waals surface area contributed by atoms with Crippen molar-refractivity contribution in [2.45, 2.75) is 26.2 Å². The number of rotatable bonds is 2. The van der Waals surface area contributed by atoms with Crippen LogP contribution in [-0.4, -0.2) is 5.91 Å². The third kappa shape index (κ3) is 2.37. The molecule has 1 aliphatic carbocycles. The van der Waals surface area contributed by atoms with Crippen LogP contribution in [0.25, 0.3) is 0 Å². The zero-order chi connectivity index (χ0) is 14.1. The normalized spacial score (nSPS) is 17.3. The molecule has 3 rings (SSSR count). The number of carbonyl (C=O) groups excluding carboxylic acids is 1. The summed E-state index contributed by atoms with van der Waals surface area (Å²) in [4.78, 5) is 14.1. The lowest BCUT2D eigenvalue weighted by Gasteiger charge is -2.17. The van der Waals surface area contributed by atoms with Crippen molar-refractivity contribution in [2.24, 2.45) is 5.92 Å². The average molecular weight is 302 g/mol. The number of amides is 1. The van der Waals surface area contributed by atoms with E-state index in [1.165, 1.54) is 16.2 Å². The highest BCUT2D eigenvalue weighted by atomic mass is 32.1. The summed E-state index contributed by atoms with van der Waals surface area (Å²) in [6.45, 7) is 2.23. The predicted molar refractivity (Wildman–Crippen MR) is 82.5 cm³/mol. The van der Waals surface area contributed by atoms with Gasteiger partial charge in [-0.15, -0.1) is 22.7 Å². The van der Waals surface area contributed by atoms with Gasteiger partial charge in [0.25, 0.3) is 5.91 Å². The first kappa shape index (κ1) is 13.3. The molecule has 0 radical (unpaired) electrons. The molecule has 2 heterocycles. The Morgan fingerprint density at radius 3 is 3.10 bits per heavy atom. The van der Waals surface area contributed by atoms with E-state index >= 15 is 0 Å². The standard InChI is InChI=1S/C15H14N2OS2/c1-9-4-5-10-11(8-16)15(20-13(10)7-9)17-14(18)12-3-2-6-19-12/h2-3,6,9H,4-5,7H2,1H3,(H,17,18)/t9-/m0/s1. The van der Waals surface area contributed by atoms with Gasteiger partial charge in [0.15, 0.2) is 0 Å². The van der Waals surface area contributed by atoms with E-state index in [-0.39, 0.29) is 5.91 Å². The molecule has 20 heavy (non-hydrogen) atoms. The quantitative estimate of drug-likeness (QED) is 0.909. The number of nitrogens with zero attached hydrogens (tertiary/aromatic N) is 1. The van der Waals surface area contributed by atoms with Crippen LogP contribution in [0.4, 0.5) is 5.00 Å². The molecule has 2 aromatic heterocycles. The fourth-order valence-electron chi connectivity index (χ4n) is 2.53. The van der Waals surface area contributed by atoms with E-state index in [9.17, 15) is 10.1 Å². The van der Waals surface area contributed by atoms with E-state index in [1.807, 2.05) is 11.4 Å². The summed E-state index contributed by atoms with van der Waals surface area (Å²) >= 11 is 2.97. The van der Waals surface area contributed by atoms with Crippen LogP contribution >= 0.6 is 22.7 Å². The van der Waals surface area contributed by atoms with E-state index in [1.54, 1.807) is 17.4 Å². The highest BCUT2D eigenvalue weighted by molar-refractivity contribution is 7.17. The Kier molecular flexibility index (Phi) is 3.60. The van der Waals surface area contributed by atoms with Crippen molar-refractivity contribution in [3.63, 3.8) is 0 Å². The summed E-state index contributed by atoms with van der Waals surface area (Å²) < 4.78 is 0. The van der Waals surface area contributed by atoms with E-state index in [2.05, 4.69) is 18.3 Å². The molecule has 0 saturated carbocycles. The van der Waals surface area contributed by atoms with Crippen LogP contribution in [0, 0.1) is 17.2 Å². The number of thiophene rings is 2. The van der Waals surface area contributed by atoms with Gasteiger partial charge in [0.1, 0.15) is 11.1 Å². The molecule has 1 aliphatic rings. The second-order valence-corrected chi connectivity index (χ2v) is 7.15. The Labute approximate surface area is 125 Å². The van der Waals surface area contributed by atoms with Gasteiger partial charge in [-0.05, 0) is 42.2 Å². The van der Waals surface area contributed by atoms with Crippen LogP contribution in [0.3, 0.4) is 0 Å². The second-order valence-electron chi connectivity index (χ2n) is 5.10. The van der Waals surface area contributed by atoms with Gasteiger partial charge in [-0.3, -0.25) is 4.79 Å². The average Bonchev–Trinajstić information content (AvgIpc) is 3.04. The topological polar surface area (TPSA) is 52.9 Å². The summed E-state index contributed by atoms with van der Waals surface area (Å²) in [5, 5.41) is 14.9. The highest BCUT2D eigenvalue weighted by Crippen LogP contribution is 2.39. The van der Waals surface area contributed by atoms with Gasteiger partial charge in [-0.2, -0.15) is 5.26 Å². The van der Waals surface area contributed by atoms with Crippen LogP contribution < -0.4 is 5.32 Å². The molecule has 102 valence electrons. The van der Waals surface area contributed by atoms with Crippen LogP contribution in [-0.2, 0) is 12.8 Å². The van der Waals surface area contributed by atoms with E-state index < -0.39 is 0 Å². The van der Waals surface area contributed by atoms with Gasteiger partial charge < -0.3 is 5.32 Å². The Balaban J connectivity index is 1.91. The van der Waals surface area contributed by atoms with Gasteiger partial charge in [0, 0.05) is 4.88 Å². The van der Waals surface area contributed by atoms with Crippen LogP contribution in [0.1, 0.15) is 39.0 Å². The maximum Gasteiger partial charge on any atom is 0.266 e. The van der Waals surface area contributed by atoms with Gasteiger partial charge in [0.05, 0.1) is 10.4 Å². The van der Waals surface area contributed by atoms with Gasteiger partial charge in [-0.25, -0.2) is 0 Å². The lowest BCUT2D eigenvalue weighted by Crippen LogP contribution is -2.10. The van der Waals surface area contributed by atoms with E-state index in [0.29, 0.717) is 21.4 Å². The third-order valence-electron chi connectivity index (χ3n) is 3.60. The molecular formula is C15H14N2OS2. The fraction of sp³-hybridized carbons (Fsp3) is 0.333. The minimum Gasteiger partial charge on any atom is -0.312 e. The number of fused-ring (bicyclic) bond motifs is 1. The molecule has 0 saturated heterocycles. The van der Waals surface area contributed by atoms with Crippen molar-refractivity contribution >= 4 is 33.6 Å². The number of carbonyl (C=O) groups is 1. The molecule has 1 N–H and O–H groups in total. The SMILES string of the molecule is C[C@H]1CCc2c(sc(NC(=O)c3cccs3)c2C#N)C1. The van der Waals surface area contributed by atoms with Crippen molar-refractivity contribution in [3.8, 4) is 6.07 Å². The highest BCUT2D eigenvalue weighted by Gasteiger charge is 2.24. The number of hydrogen-bond acceptors (Lipinski definition) is 4. The smallest absolute Gasteiger partial charge is 0.266 e. The maximum atomic E-state index is 12.1. The molecule has 3 nitrogen and oxygen atoms in total. The first-order valence-corrected chi connectivity index (χ1v) is 8.28. The fourth-order valence-corrected chi connectivity index (χ4v) is 4.50. The third-order valence-corrected chi connectivity index (χ3v) is 5.63. The zero-order valence-corrected chi connectivity index (χ0v) is 12.7. The molecule has 0 fully saturated rings. The van der Waals surface area contributed by atoms with Crippen LogP contribution in [0.2, 0.25) is 0 Å². The first-order valence-electron chi connectivity index (χ1n) is 6.58. The van der Waals surface area contributed by atoms with Gasteiger partial charge in [0.2, 0.25) is 0 Å². The van der Waals surface area contributed by atoms with E-state index in [4.69, 9.17) is 0 Å². The molecule has 0 aromatic carbocycles. The number of nitrogens with one attached hydrogen (secondary N) is 1. The van der Waals surface area contributed by atoms with Crippen molar-refractivity contribution in [1.82, 2.24) is 0 Å². The predicted octanol–water partition coefficient (Wildman–Crippen LogP) is 4.06. The molecule has 5 heteroatoms. The molecular weight excluding hydrogens is 288 g/mol. The van der Waals surface area contributed by atoms with E-state index in [0.717, 1.165) is 24.8 Å². The summed E-state index contributed by atoms with van der Waals surface area (Å²) in [6.07, 6.45) is 3.09. The van der Waals surface area contributed by atoms with Crippen LogP contribution in [0.5, 0.6) is 0 Å².